The average Bonchev–Trinajstić information content (AvgIpc) is 2.45. The van der Waals surface area contributed by atoms with Crippen molar-refractivity contribution in [3.63, 3.8) is 0 Å². The van der Waals surface area contributed by atoms with Gasteiger partial charge >= 0.3 is 0 Å². The molecule has 0 aliphatic rings. The second kappa shape index (κ2) is 6.43. The second-order valence-corrected chi connectivity index (χ2v) is 5.31. The average molecular weight is 287 g/mol. The van der Waals surface area contributed by atoms with Crippen LogP contribution in [0.5, 0.6) is 5.75 Å². The first kappa shape index (κ1) is 14.4. The second-order valence-electron chi connectivity index (χ2n) is 4.87. The molecule has 0 spiro atoms. The summed E-state index contributed by atoms with van der Waals surface area (Å²) in [6.45, 7) is 4.84. The lowest BCUT2D eigenvalue weighted by atomic mass is 10.1. The van der Waals surface area contributed by atoms with Crippen molar-refractivity contribution in [3.05, 3.63) is 42.4 Å². The molecule has 2 rings (SSSR count). The van der Waals surface area contributed by atoms with E-state index in [0.717, 1.165) is 22.6 Å². The molecule has 1 heterocycles. The summed E-state index contributed by atoms with van der Waals surface area (Å²) in [5.74, 6) is 1.21. The lowest BCUT2D eigenvalue weighted by molar-refractivity contribution is 0.272. The van der Waals surface area contributed by atoms with Crippen molar-refractivity contribution < 1.29 is 4.74 Å². The van der Waals surface area contributed by atoms with Gasteiger partial charge in [0.15, 0.2) is 0 Å². The van der Waals surface area contributed by atoms with Crippen molar-refractivity contribution in [2.75, 3.05) is 6.61 Å². The maximum absolute atomic E-state index is 5.84. The van der Waals surface area contributed by atoms with Crippen LogP contribution in [0.3, 0.4) is 0 Å². The lowest BCUT2D eigenvalue weighted by Crippen LogP contribution is -2.10. The third kappa shape index (κ3) is 3.51. The van der Waals surface area contributed by atoms with Crippen LogP contribution in [-0.2, 0) is 0 Å². The van der Waals surface area contributed by atoms with Crippen LogP contribution in [0.25, 0.3) is 11.3 Å². The summed E-state index contributed by atoms with van der Waals surface area (Å²) in [5.41, 5.74) is 8.07. The Morgan fingerprint density at radius 1 is 1.35 bits per heavy atom. The first-order chi connectivity index (χ1) is 9.58. The van der Waals surface area contributed by atoms with E-state index in [2.05, 4.69) is 23.8 Å². The van der Waals surface area contributed by atoms with Crippen molar-refractivity contribution in [2.24, 2.45) is 11.7 Å². The normalized spacial score (nSPS) is 10.6. The largest absolute Gasteiger partial charge is 0.493 e. The predicted octanol–water partition coefficient (Wildman–Crippen LogP) is 2.81. The van der Waals surface area contributed by atoms with Gasteiger partial charge in [-0.05, 0) is 24.1 Å². The number of aromatic nitrogens is 2. The van der Waals surface area contributed by atoms with E-state index < -0.39 is 0 Å². The van der Waals surface area contributed by atoms with E-state index in [1.165, 1.54) is 0 Å². The summed E-state index contributed by atoms with van der Waals surface area (Å²) in [4.78, 5) is 8.75. The molecule has 1 aromatic heterocycles. The number of thiocarbonyl (C=S) groups is 1. The Balaban J connectivity index is 2.43. The van der Waals surface area contributed by atoms with E-state index in [1.54, 1.807) is 18.6 Å². The molecule has 0 fully saturated rings. The highest BCUT2D eigenvalue weighted by atomic mass is 32.1. The van der Waals surface area contributed by atoms with Crippen LogP contribution in [0.4, 0.5) is 0 Å². The molecule has 4 nitrogen and oxygen atoms in total. The Kier molecular flexibility index (Phi) is 4.63. The molecule has 0 bridgehead atoms. The monoisotopic (exact) mass is 287 g/mol. The summed E-state index contributed by atoms with van der Waals surface area (Å²) < 4.78 is 5.84. The van der Waals surface area contributed by atoms with Gasteiger partial charge in [0.05, 0.1) is 18.5 Å². The molecule has 0 saturated carbocycles. The van der Waals surface area contributed by atoms with Crippen LogP contribution in [0, 0.1) is 5.92 Å². The number of hydrogen-bond donors (Lipinski definition) is 1. The minimum atomic E-state index is 0.352. The van der Waals surface area contributed by atoms with E-state index in [1.807, 2.05) is 18.2 Å². The number of nitrogens with zero attached hydrogens (tertiary/aromatic N) is 2. The Morgan fingerprint density at radius 2 is 2.15 bits per heavy atom. The van der Waals surface area contributed by atoms with Gasteiger partial charge in [0.25, 0.3) is 0 Å². The van der Waals surface area contributed by atoms with E-state index in [4.69, 9.17) is 22.7 Å². The molecular formula is C15H17N3OS. The lowest BCUT2D eigenvalue weighted by Gasteiger charge is -2.14. The predicted molar refractivity (Wildman–Crippen MR) is 83.7 cm³/mol. The van der Waals surface area contributed by atoms with Crippen LogP contribution in [0.1, 0.15) is 19.4 Å². The van der Waals surface area contributed by atoms with Crippen LogP contribution >= 0.6 is 12.2 Å². The number of hydrogen-bond acceptors (Lipinski definition) is 4. The Labute approximate surface area is 124 Å². The first-order valence-electron chi connectivity index (χ1n) is 6.41. The third-order valence-corrected chi connectivity index (χ3v) is 2.91. The van der Waals surface area contributed by atoms with Crippen LogP contribution in [0.2, 0.25) is 0 Å². The van der Waals surface area contributed by atoms with Crippen molar-refractivity contribution in [1.82, 2.24) is 9.97 Å². The van der Waals surface area contributed by atoms with E-state index in [0.29, 0.717) is 17.5 Å². The Hall–Kier alpha value is -2.01. The summed E-state index contributed by atoms with van der Waals surface area (Å²) in [7, 11) is 0. The fourth-order valence-corrected chi connectivity index (χ4v) is 1.83. The highest BCUT2D eigenvalue weighted by molar-refractivity contribution is 7.80. The molecular weight excluding hydrogens is 270 g/mol. The van der Waals surface area contributed by atoms with Gasteiger partial charge in [-0.1, -0.05) is 26.1 Å². The molecule has 2 aromatic rings. The van der Waals surface area contributed by atoms with E-state index >= 15 is 0 Å². The molecule has 20 heavy (non-hydrogen) atoms. The molecule has 0 saturated heterocycles. The summed E-state index contributed by atoms with van der Waals surface area (Å²) >= 11 is 5.02. The first-order valence-corrected chi connectivity index (χ1v) is 6.82. The van der Waals surface area contributed by atoms with Crippen molar-refractivity contribution in [3.8, 4) is 17.0 Å². The van der Waals surface area contributed by atoms with Crippen molar-refractivity contribution in [1.29, 1.82) is 0 Å². The third-order valence-electron chi connectivity index (χ3n) is 2.68. The topological polar surface area (TPSA) is 61.0 Å². The van der Waals surface area contributed by atoms with Gasteiger partial charge in [-0.25, -0.2) is 0 Å². The molecule has 5 heteroatoms. The number of rotatable bonds is 5. The fraction of sp³-hybridized carbons (Fsp3) is 0.267. The highest BCUT2D eigenvalue weighted by Gasteiger charge is 2.11. The molecule has 0 aliphatic heterocycles. The van der Waals surface area contributed by atoms with Gasteiger partial charge in [0.1, 0.15) is 10.7 Å². The van der Waals surface area contributed by atoms with Gasteiger partial charge in [0.2, 0.25) is 0 Å². The van der Waals surface area contributed by atoms with Crippen LogP contribution in [-0.4, -0.2) is 21.6 Å². The van der Waals surface area contributed by atoms with Gasteiger partial charge in [0, 0.05) is 23.5 Å². The molecule has 1 aromatic carbocycles. The molecule has 0 amide bonds. The molecule has 0 atom stereocenters. The Bertz CT molecular complexity index is 599. The SMILES string of the molecule is CC(C)COc1ccc(C(N)=S)cc1-c1cnccn1. The number of ether oxygens (including phenoxy) is 1. The molecule has 0 unspecified atom stereocenters. The van der Waals surface area contributed by atoms with E-state index in [9.17, 15) is 0 Å². The summed E-state index contributed by atoms with van der Waals surface area (Å²) in [6.07, 6.45) is 4.98. The van der Waals surface area contributed by atoms with Gasteiger partial charge < -0.3 is 10.5 Å². The molecule has 2 N–H and O–H groups in total. The van der Waals surface area contributed by atoms with Gasteiger partial charge in [-0.2, -0.15) is 0 Å². The maximum atomic E-state index is 5.84. The maximum Gasteiger partial charge on any atom is 0.128 e. The fourth-order valence-electron chi connectivity index (χ4n) is 1.70. The number of nitrogens with two attached hydrogens (primary N) is 1. The quantitative estimate of drug-likeness (QED) is 0.857. The molecule has 0 aliphatic carbocycles. The summed E-state index contributed by atoms with van der Waals surface area (Å²) in [5, 5.41) is 0. The summed E-state index contributed by atoms with van der Waals surface area (Å²) in [6, 6.07) is 5.63. The molecule has 104 valence electrons. The Morgan fingerprint density at radius 3 is 2.75 bits per heavy atom. The smallest absolute Gasteiger partial charge is 0.128 e. The van der Waals surface area contributed by atoms with Crippen molar-refractivity contribution >= 4 is 17.2 Å². The standard InChI is InChI=1S/C15H17N3OS/c1-10(2)9-19-14-4-3-11(15(16)20)7-12(14)13-8-17-5-6-18-13/h3-8,10H,9H2,1-2H3,(H2,16,20). The zero-order chi connectivity index (χ0) is 14.5. The van der Waals surface area contributed by atoms with Crippen molar-refractivity contribution in [2.45, 2.75) is 13.8 Å². The highest BCUT2D eigenvalue weighted by Crippen LogP contribution is 2.29. The zero-order valence-corrected chi connectivity index (χ0v) is 12.4. The zero-order valence-electron chi connectivity index (χ0n) is 11.5. The van der Waals surface area contributed by atoms with Gasteiger partial charge in [-0.15, -0.1) is 0 Å². The minimum Gasteiger partial charge on any atom is -0.493 e. The van der Waals surface area contributed by atoms with Crippen LogP contribution < -0.4 is 10.5 Å². The van der Waals surface area contributed by atoms with E-state index in [-0.39, 0.29) is 0 Å². The molecule has 0 radical (unpaired) electrons. The van der Waals surface area contributed by atoms with Gasteiger partial charge in [-0.3, -0.25) is 9.97 Å². The minimum absolute atomic E-state index is 0.352. The van der Waals surface area contributed by atoms with Crippen LogP contribution in [0.15, 0.2) is 36.8 Å². The number of benzene rings is 1.